The summed E-state index contributed by atoms with van der Waals surface area (Å²) in [6, 6.07) is 14.1. The summed E-state index contributed by atoms with van der Waals surface area (Å²) in [4.78, 5) is 51.9. The van der Waals surface area contributed by atoms with Crippen LogP contribution in [-0.4, -0.2) is 29.7 Å². The summed E-state index contributed by atoms with van der Waals surface area (Å²) in [7, 11) is 0. The van der Waals surface area contributed by atoms with Crippen LogP contribution in [0.3, 0.4) is 0 Å². The lowest BCUT2D eigenvalue weighted by atomic mass is 10.0. The molecule has 0 unspecified atom stereocenters. The number of imide groups is 1. The molecular formula is C26H17ClF3NO5. The third kappa shape index (κ3) is 4.61. The summed E-state index contributed by atoms with van der Waals surface area (Å²) < 4.78 is 44.9. The van der Waals surface area contributed by atoms with Crippen molar-refractivity contribution in [3.8, 4) is 0 Å². The summed E-state index contributed by atoms with van der Waals surface area (Å²) >= 11 is 6.02. The lowest BCUT2D eigenvalue weighted by Gasteiger charge is -2.17. The van der Waals surface area contributed by atoms with Crippen molar-refractivity contribution >= 4 is 40.9 Å². The molecule has 0 saturated heterocycles. The molecule has 3 aromatic rings. The number of amides is 2. The van der Waals surface area contributed by atoms with Gasteiger partial charge in [0.1, 0.15) is 0 Å². The molecular weight excluding hydrogens is 499 g/mol. The van der Waals surface area contributed by atoms with E-state index in [4.69, 9.17) is 16.3 Å². The van der Waals surface area contributed by atoms with Crippen LogP contribution in [0.25, 0.3) is 0 Å². The van der Waals surface area contributed by atoms with Crippen molar-refractivity contribution in [1.82, 2.24) is 0 Å². The summed E-state index contributed by atoms with van der Waals surface area (Å²) in [5.41, 5.74) is -1.58. The highest BCUT2D eigenvalue weighted by Crippen LogP contribution is 2.38. The van der Waals surface area contributed by atoms with Crippen molar-refractivity contribution < 1.29 is 37.1 Å². The van der Waals surface area contributed by atoms with Crippen LogP contribution >= 0.6 is 11.6 Å². The van der Waals surface area contributed by atoms with Gasteiger partial charge in [-0.3, -0.25) is 14.4 Å². The molecule has 4 rings (SSSR count). The van der Waals surface area contributed by atoms with Crippen LogP contribution in [-0.2, 0) is 10.9 Å². The van der Waals surface area contributed by atoms with Crippen molar-refractivity contribution in [3.05, 3.63) is 99.6 Å². The van der Waals surface area contributed by atoms with Crippen molar-refractivity contribution in [2.24, 2.45) is 0 Å². The van der Waals surface area contributed by atoms with Gasteiger partial charge in [-0.1, -0.05) is 48.9 Å². The Morgan fingerprint density at radius 2 is 1.58 bits per heavy atom. The van der Waals surface area contributed by atoms with Gasteiger partial charge in [-0.15, -0.1) is 0 Å². The highest BCUT2D eigenvalue weighted by molar-refractivity contribution is 6.40. The zero-order chi connectivity index (χ0) is 26.2. The molecule has 0 saturated carbocycles. The lowest BCUT2D eigenvalue weighted by Crippen LogP contribution is -2.30. The van der Waals surface area contributed by atoms with Gasteiger partial charge in [0.05, 0.1) is 33.0 Å². The Morgan fingerprint density at radius 3 is 2.22 bits per heavy atom. The summed E-state index contributed by atoms with van der Waals surface area (Å²) in [5.74, 6) is -3.13. The Kier molecular flexibility index (Phi) is 6.69. The summed E-state index contributed by atoms with van der Waals surface area (Å²) in [6.45, 7) is 1.67. The summed E-state index contributed by atoms with van der Waals surface area (Å²) in [6.07, 6.45) is -5.60. The number of rotatable bonds is 6. The third-order valence-corrected chi connectivity index (χ3v) is 5.93. The third-order valence-electron chi connectivity index (χ3n) is 5.61. The second-order valence-electron chi connectivity index (χ2n) is 7.90. The minimum absolute atomic E-state index is 0.105. The molecule has 2 amide bonds. The number of carbonyl (C=O) groups is 4. The van der Waals surface area contributed by atoms with Gasteiger partial charge in [-0.05, 0) is 42.8 Å². The molecule has 1 heterocycles. The van der Waals surface area contributed by atoms with Crippen molar-refractivity contribution in [1.29, 1.82) is 0 Å². The first-order valence-electron chi connectivity index (χ1n) is 10.7. The van der Waals surface area contributed by atoms with E-state index in [1.54, 1.807) is 37.3 Å². The lowest BCUT2D eigenvalue weighted by molar-refractivity contribution is -0.137. The number of carbonyl (C=O) groups excluding carboxylic acids is 4. The highest BCUT2D eigenvalue weighted by Gasteiger charge is 2.40. The predicted molar refractivity (Wildman–Crippen MR) is 124 cm³/mol. The maximum Gasteiger partial charge on any atom is 0.416 e. The number of ketones is 1. The number of halogens is 4. The zero-order valence-corrected chi connectivity index (χ0v) is 19.4. The molecule has 6 nitrogen and oxygen atoms in total. The number of anilines is 1. The van der Waals surface area contributed by atoms with Crippen molar-refractivity contribution in [2.75, 3.05) is 4.90 Å². The molecule has 0 aliphatic carbocycles. The van der Waals surface area contributed by atoms with Crippen LogP contribution in [0.5, 0.6) is 0 Å². The van der Waals surface area contributed by atoms with Crippen molar-refractivity contribution in [2.45, 2.75) is 25.6 Å². The fourth-order valence-corrected chi connectivity index (χ4v) is 3.96. The highest BCUT2D eigenvalue weighted by atomic mass is 35.5. The fourth-order valence-electron chi connectivity index (χ4n) is 3.75. The number of fused-ring (bicyclic) bond motifs is 1. The maximum atomic E-state index is 13.2. The number of hydrogen-bond acceptors (Lipinski definition) is 5. The minimum atomic E-state index is -4.72. The topological polar surface area (TPSA) is 80.8 Å². The molecule has 0 spiro atoms. The van der Waals surface area contributed by atoms with Crippen LogP contribution in [0.15, 0.2) is 66.7 Å². The van der Waals surface area contributed by atoms with Crippen LogP contribution in [0.4, 0.5) is 18.9 Å². The Balaban J connectivity index is 1.61. The quantitative estimate of drug-likeness (QED) is 0.229. The van der Waals surface area contributed by atoms with Gasteiger partial charge in [-0.25, -0.2) is 9.69 Å². The van der Waals surface area contributed by atoms with E-state index in [-0.39, 0.29) is 28.1 Å². The minimum Gasteiger partial charge on any atom is -0.450 e. The maximum absolute atomic E-state index is 13.2. The Bertz CT molecular complexity index is 1390. The number of benzene rings is 3. The molecule has 0 aromatic heterocycles. The Labute approximate surface area is 208 Å². The zero-order valence-electron chi connectivity index (χ0n) is 18.6. The van der Waals surface area contributed by atoms with E-state index in [1.807, 2.05) is 0 Å². The number of hydrogen-bond donors (Lipinski definition) is 0. The van der Waals surface area contributed by atoms with Crippen molar-refractivity contribution in [3.63, 3.8) is 0 Å². The molecule has 10 heteroatoms. The van der Waals surface area contributed by atoms with E-state index >= 15 is 0 Å². The van der Waals surface area contributed by atoms with Gasteiger partial charge >= 0.3 is 12.1 Å². The van der Waals surface area contributed by atoms with Crippen LogP contribution in [0, 0.1) is 0 Å². The normalized spacial score (nSPS) is 14.0. The number of esters is 1. The van der Waals surface area contributed by atoms with E-state index in [2.05, 4.69) is 0 Å². The molecule has 1 atom stereocenters. The van der Waals surface area contributed by atoms with E-state index in [9.17, 15) is 32.3 Å². The number of alkyl halides is 3. The molecule has 0 N–H and O–H groups in total. The molecule has 1 aliphatic heterocycles. The molecule has 1 aliphatic rings. The molecule has 36 heavy (non-hydrogen) atoms. The van der Waals surface area contributed by atoms with Gasteiger partial charge in [-0.2, -0.15) is 13.2 Å². The van der Waals surface area contributed by atoms with Gasteiger partial charge in [0.15, 0.2) is 6.10 Å². The van der Waals surface area contributed by atoms with Crippen LogP contribution in [0.1, 0.15) is 60.3 Å². The van der Waals surface area contributed by atoms with Gasteiger partial charge in [0, 0.05) is 5.56 Å². The monoisotopic (exact) mass is 515 g/mol. The number of Topliss-reactive ketones (excluding diaryl/α,β-unsaturated/α-hetero) is 1. The first-order chi connectivity index (χ1) is 17.0. The molecule has 0 radical (unpaired) electrons. The van der Waals surface area contributed by atoms with Crippen LogP contribution < -0.4 is 4.90 Å². The van der Waals surface area contributed by atoms with E-state index in [0.29, 0.717) is 16.5 Å². The van der Waals surface area contributed by atoms with Gasteiger partial charge in [0.25, 0.3) is 11.8 Å². The Morgan fingerprint density at radius 1 is 0.917 bits per heavy atom. The van der Waals surface area contributed by atoms with Crippen LogP contribution in [0.2, 0.25) is 5.02 Å². The molecule has 3 aromatic carbocycles. The second kappa shape index (κ2) is 9.58. The average Bonchev–Trinajstić information content (AvgIpc) is 3.11. The predicted octanol–water partition coefficient (Wildman–Crippen LogP) is 5.98. The largest absolute Gasteiger partial charge is 0.450 e. The summed E-state index contributed by atoms with van der Waals surface area (Å²) in [5, 5.41) is -0.234. The Hall–Kier alpha value is -3.98. The average molecular weight is 516 g/mol. The number of nitrogens with zero attached hydrogens (tertiary/aromatic N) is 1. The second-order valence-corrected chi connectivity index (χ2v) is 8.31. The van der Waals surface area contributed by atoms with Gasteiger partial charge in [0.2, 0.25) is 5.78 Å². The molecule has 0 bridgehead atoms. The first-order valence-corrected chi connectivity index (χ1v) is 11.1. The SMILES string of the molecule is CC[C@H](OC(=O)c1ccc2c(c1)C(=O)N(c1cc(C(F)(F)F)ccc1Cl)C2=O)C(=O)c1ccccc1. The smallest absolute Gasteiger partial charge is 0.416 e. The number of ether oxygens (including phenoxy) is 1. The van der Waals surface area contributed by atoms with E-state index < -0.39 is 47.1 Å². The van der Waals surface area contributed by atoms with Gasteiger partial charge < -0.3 is 4.74 Å². The molecule has 0 fully saturated rings. The fraction of sp³-hybridized carbons (Fsp3) is 0.154. The first kappa shape index (κ1) is 25.1. The van der Waals surface area contributed by atoms with E-state index in [1.165, 1.54) is 12.1 Å². The standard InChI is InChI=1S/C26H17ClF3NO5/c1-2-21(22(32)14-6-4-3-5-7-14)36-25(35)15-8-10-17-18(12-15)24(34)31(23(17)33)20-13-16(26(28,29)30)9-11-19(20)27/h3-13,21H,2H2,1H3/t21-/m0/s1. The van der Waals surface area contributed by atoms with E-state index in [0.717, 1.165) is 18.2 Å². The molecule has 184 valence electrons.